The van der Waals surface area contributed by atoms with E-state index >= 15 is 0 Å². The molecule has 2 bridgehead atoms. The summed E-state index contributed by atoms with van der Waals surface area (Å²) < 4.78 is 7.24. The summed E-state index contributed by atoms with van der Waals surface area (Å²) in [6.45, 7) is 10.6. The molecule has 6 atom stereocenters. The molecule has 3 heteroatoms. The Morgan fingerprint density at radius 3 is 2.27 bits per heavy atom. The van der Waals surface area contributed by atoms with Gasteiger partial charge >= 0.3 is 0 Å². The molecule has 3 saturated heterocycles. The first-order valence-corrected chi connectivity index (χ1v) is 14.6. The van der Waals surface area contributed by atoms with Crippen LogP contribution in [-0.2, 0) is 11.2 Å². The number of fused-ring (bicyclic) bond motifs is 6. The van der Waals surface area contributed by atoms with E-state index < -0.39 is 0 Å². The van der Waals surface area contributed by atoms with E-state index in [1.807, 2.05) is 12.3 Å². The molecule has 5 aromatic rings. The maximum atomic E-state index is 7.24. The Kier molecular flexibility index (Phi) is 6.71. The van der Waals surface area contributed by atoms with E-state index in [0.717, 1.165) is 31.4 Å². The normalized spacial score (nSPS) is 23.8. The highest BCUT2D eigenvalue weighted by molar-refractivity contribution is 6.02. The molecule has 4 heterocycles. The van der Waals surface area contributed by atoms with Crippen LogP contribution < -0.4 is 0 Å². The minimum absolute atomic E-state index is 0.0781. The van der Waals surface area contributed by atoms with Crippen LogP contribution in [0.25, 0.3) is 32.4 Å². The van der Waals surface area contributed by atoms with Crippen LogP contribution in [-0.4, -0.2) is 35.1 Å². The predicted octanol–water partition coefficient (Wildman–Crippen LogP) is 8.29. The summed E-state index contributed by atoms with van der Waals surface area (Å²) in [6, 6.07) is 30.7. The number of rotatable bonds is 8. The van der Waals surface area contributed by atoms with Crippen molar-refractivity contribution in [1.29, 1.82) is 0 Å². The van der Waals surface area contributed by atoms with Gasteiger partial charge < -0.3 is 4.74 Å². The fraction of sp³-hybridized carbons (Fsp3) is 0.270. The van der Waals surface area contributed by atoms with Crippen molar-refractivity contribution in [3.8, 4) is 0 Å². The summed E-state index contributed by atoms with van der Waals surface area (Å²) in [6.07, 6.45) is 9.05. The molecule has 3 aliphatic rings. The number of ether oxygens (including phenoxy) is 1. The van der Waals surface area contributed by atoms with E-state index in [-0.39, 0.29) is 12.2 Å². The van der Waals surface area contributed by atoms with Crippen LogP contribution in [0.1, 0.15) is 30.1 Å². The van der Waals surface area contributed by atoms with Crippen LogP contribution in [0.2, 0.25) is 0 Å². The summed E-state index contributed by atoms with van der Waals surface area (Å²) in [7, 11) is 0. The van der Waals surface area contributed by atoms with Gasteiger partial charge in [0.25, 0.3) is 0 Å². The number of piperidine rings is 3. The van der Waals surface area contributed by atoms with E-state index in [4.69, 9.17) is 4.74 Å². The molecular weight excluding hydrogens is 488 g/mol. The second kappa shape index (κ2) is 10.6. The van der Waals surface area contributed by atoms with Gasteiger partial charge in [-0.15, -0.1) is 13.2 Å². The molecule has 0 amide bonds. The molecular formula is C37H36N2O. The Bertz CT molecular complexity index is 1650. The van der Waals surface area contributed by atoms with Crippen LogP contribution >= 0.6 is 0 Å². The zero-order valence-corrected chi connectivity index (χ0v) is 23.0. The van der Waals surface area contributed by atoms with Gasteiger partial charge in [-0.2, -0.15) is 0 Å². The lowest BCUT2D eigenvalue weighted by Gasteiger charge is -2.51. The van der Waals surface area contributed by atoms with Crippen LogP contribution in [0.5, 0.6) is 0 Å². The molecule has 200 valence electrons. The standard InChI is InChI=1S/C37H36N2O/c1-3-25-24-39-20-18-26(25)22-36(39)37(33-17-19-38-35-16-10-9-15-32(33)35)40-29(4-2)23-34-30-13-7-5-11-27(30)21-28-12-6-8-14-31(28)34/h3-17,19,21,25-26,29,36-37H,1-2,18,20,22-24H2/t25-,26-,29+,36+,37-/m1/s1. The zero-order valence-electron chi connectivity index (χ0n) is 23.0. The molecule has 1 aromatic heterocycles. The van der Waals surface area contributed by atoms with Crippen molar-refractivity contribution in [3.63, 3.8) is 0 Å². The second-order valence-electron chi connectivity index (χ2n) is 11.5. The lowest BCUT2D eigenvalue weighted by Crippen LogP contribution is -2.55. The molecule has 3 nitrogen and oxygen atoms in total. The van der Waals surface area contributed by atoms with Crippen molar-refractivity contribution in [1.82, 2.24) is 9.88 Å². The van der Waals surface area contributed by atoms with Gasteiger partial charge in [-0.05, 0) is 82.1 Å². The van der Waals surface area contributed by atoms with Gasteiger partial charge in [0.1, 0.15) is 0 Å². The second-order valence-corrected chi connectivity index (χ2v) is 11.5. The Labute approximate surface area is 236 Å². The third-order valence-electron chi connectivity index (χ3n) is 9.37. The molecule has 40 heavy (non-hydrogen) atoms. The first-order chi connectivity index (χ1) is 19.7. The molecule has 0 N–H and O–H groups in total. The Hall–Kier alpha value is -3.79. The van der Waals surface area contributed by atoms with Crippen LogP contribution in [0, 0.1) is 11.8 Å². The minimum atomic E-state index is -0.136. The SMILES string of the molecule is C=C[C@@H]1CN2CC[C@@H]1C[C@H]2[C@H](O[C@@H](C=C)Cc1c2ccccc2cc2ccccc12)c1ccnc2ccccc12. The number of pyridine rings is 1. The van der Waals surface area contributed by atoms with Gasteiger partial charge in [0, 0.05) is 30.6 Å². The fourth-order valence-electron chi connectivity index (χ4n) is 7.33. The number of benzene rings is 4. The van der Waals surface area contributed by atoms with Crippen molar-refractivity contribution in [2.45, 2.75) is 37.5 Å². The topological polar surface area (TPSA) is 25.4 Å². The highest BCUT2D eigenvalue weighted by Crippen LogP contribution is 2.44. The highest BCUT2D eigenvalue weighted by Gasteiger charge is 2.43. The molecule has 0 spiro atoms. The molecule has 1 unspecified atom stereocenters. The van der Waals surface area contributed by atoms with E-state index in [2.05, 4.69) is 114 Å². The predicted molar refractivity (Wildman–Crippen MR) is 166 cm³/mol. The van der Waals surface area contributed by atoms with Crippen LogP contribution in [0.15, 0.2) is 116 Å². The Morgan fingerprint density at radius 1 is 0.900 bits per heavy atom. The van der Waals surface area contributed by atoms with Crippen LogP contribution in [0.3, 0.4) is 0 Å². The fourth-order valence-corrected chi connectivity index (χ4v) is 7.33. The molecule has 0 aliphatic carbocycles. The summed E-state index contributed by atoms with van der Waals surface area (Å²) >= 11 is 0. The summed E-state index contributed by atoms with van der Waals surface area (Å²) in [5.74, 6) is 1.23. The van der Waals surface area contributed by atoms with E-state index in [0.29, 0.717) is 17.9 Å². The van der Waals surface area contributed by atoms with Crippen molar-refractivity contribution in [2.75, 3.05) is 13.1 Å². The third-order valence-corrected chi connectivity index (χ3v) is 9.37. The maximum absolute atomic E-state index is 7.24. The molecule has 3 fully saturated rings. The first-order valence-electron chi connectivity index (χ1n) is 14.6. The van der Waals surface area contributed by atoms with Gasteiger partial charge in [-0.1, -0.05) is 78.9 Å². The number of aromatic nitrogens is 1. The van der Waals surface area contributed by atoms with E-state index in [1.54, 1.807) is 0 Å². The van der Waals surface area contributed by atoms with Crippen molar-refractivity contribution < 1.29 is 4.74 Å². The summed E-state index contributed by atoms with van der Waals surface area (Å²) in [5, 5.41) is 6.29. The number of nitrogens with zero attached hydrogens (tertiary/aromatic N) is 2. The molecule has 3 aliphatic heterocycles. The summed E-state index contributed by atoms with van der Waals surface area (Å²) in [4.78, 5) is 7.33. The smallest absolute Gasteiger partial charge is 0.0995 e. The number of hydrogen-bond donors (Lipinski definition) is 0. The molecule has 4 aromatic carbocycles. The molecule has 8 rings (SSSR count). The van der Waals surface area contributed by atoms with Gasteiger partial charge in [-0.3, -0.25) is 9.88 Å². The Balaban J connectivity index is 1.30. The molecule has 0 saturated carbocycles. The van der Waals surface area contributed by atoms with E-state index in [1.165, 1.54) is 44.5 Å². The van der Waals surface area contributed by atoms with Gasteiger partial charge in [0.15, 0.2) is 0 Å². The van der Waals surface area contributed by atoms with Crippen molar-refractivity contribution in [3.05, 3.63) is 128 Å². The number of para-hydroxylation sites is 1. The average molecular weight is 525 g/mol. The maximum Gasteiger partial charge on any atom is 0.0995 e. The Morgan fingerprint density at radius 2 is 1.60 bits per heavy atom. The van der Waals surface area contributed by atoms with Crippen molar-refractivity contribution in [2.24, 2.45) is 11.8 Å². The van der Waals surface area contributed by atoms with Crippen LogP contribution in [0.4, 0.5) is 0 Å². The average Bonchev–Trinajstić information content (AvgIpc) is 3.02. The highest BCUT2D eigenvalue weighted by atomic mass is 16.5. The summed E-state index contributed by atoms with van der Waals surface area (Å²) in [5.41, 5.74) is 3.57. The minimum Gasteiger partial charge on any atom is -0.364 e. The monoisotopic (exact) mass is 524 g/mol. The third kappa shape index (κ3) is 4.44. The van der Waals surface area contributed by atoms with Gasteiger partial charge in [0.05, 0.1) is 17.7 Å². The van der Waals surface area contributed by atoms with E-state index in [9.17, 15) is 0 Å². The molecule has 0 radical (unpaired) electrons. The lowest BCUT2D eigenvalue weighted by molar-refractivity contribution is -0.0899. The van der Waals surface area contributed by atoms with Gasteiger partial charge in [-0.25, -0.2) is 0 Å². The quantitative estimate of drug-likeness (QED) is 0.151. The largest absolute Gasteiger partial charge is 0.364 e. The first kappa shape index (κ1) is 25.2. The van der Waals surface area contributed by atoms with Gasteiger partial charge in [0.2, 0.25) is 0 Å². The lowest BCUT2D eigenvalue weighted by atomic mass is 9.73. The van der Waals surface area contributed by atoms with Crippen molar-refractivity contribution >= 4 is 32.4 Å². The zero-order chi connectivity index (χ0) is 27.1. The number of hydrogen-bond acceptors (Lipinski definition) is 3.